The summed E-state index contributed by atoms with van der Waals surface area (Å²) in [5, 5.41) is 76.7. The Morgan fingerprint density at radius 3 is 1.70 bits per heavy atom. The van der Waals surface area contributed by atoms with E-state index in [0.29, 0.717) is 57.5 Å². The molecule has 0 saturated carbocycles. The fourth-order valence-corrected chi connectivity index (χ4v) is 4.33. The van der Waals surface area contributed by atoms with E-state index in [-0.39, 0.29) is 11.2 Å². The molecule has 1 fully saturated rings. The number of aliphatic hydroxyl groups is 4. The van der Waals surface area contributed by atoms with Crippen LogP contribution in [-0.4, -0.2) is 125 Å². The molecular formula is C28H29Cl2NO16. The number of nitrogens with zero attached hydrogens (tertiary/aromatic N) is 1. The number of aromatic hydroxyl groups is 1. The van der Waals surface area contributed by atoms with E-state index in [4.69, 9.17) is 73.2 Å². The van der Waals surface area contributed by atoms with Crippen LogP contribution in [0, 0.1) is 0 Å². The van der Waals surface area contributed by atoms with Gasteiger partial charge in [-0.15, -0.1) is 0 Å². The molecule has 256 valence electrons. The Bertz CT molecular complexity index is 1580. The highest BCUT2D eigenvalue weighted by molar-refractivity contribution is 6.36. The van der Waals surface area contributed by atoms with E-state index in [0.717, 1.165) is 13.1 Å². The third-order valence-corrected chi connectivity index (χ3v) is 6.88. The molecule has 0 spiro atoms. The molecule has 1 aliphatic rings. The lowest BCUT2D eigenvalue weighted by Gasteiger charge is -2.27. The number of ether oxygens (including phenoxy) is 1. The molecule has 1 aliphatic heterocycles. The lowest BCUT2D eigenvalue weighted by atomic mass is 10.0. The lowest BCUT2D eigenvalue weighted by molar-refractivity contribution is -0.165. The predicted octanol–water partition coefficient (Wildman–Crippen LogP) is 0.0594. The number of morpholine rings is 1. The molecule has 4 atom stereocenters. The topological polar surface area (TPSA) is 293 Å². The minimum absolute atomic E-state index is 0.106. The van der Waals surface area contributed by atoms with Crippen molar-refractivity contribution in [3.63, 3.8) is 0 Å². The average Bonchev–Trinajstić information content (AvgIpc) is 3.02. The quantitative estimate of drug-likeness (QED) is 0.142. The van der Waals surface area contributed by atoms with Gasteiger partial charge in [-0.3, -0.25) is 9.69 Å². The first kappa shape index (κ1) is 38.9. The second-order valence-corrected chi connectivity index (χ2v) is 10.4. The van der Waals surface area contributed by atoms with Gasteiger partial charge in [-0.05, 0) is 24.3 Å². The first-order valence-corrected chi connectivity index (χ1v) is 13.9. The van der Waals surface area contributed by atoms with Crippen LogP contribution in [0.1, 0.15) is 5.56 Å². The first-order valence-electron chi connectivity index (χ1n) is 13.1. The van der Waals surface area contributed by atoms with Gasteiger partial charge in [0.15, 0.2) is 24.4 Å². The highest BCUT2D eigenvalue weighted by atomic mass is 35.5. The van der Waals surface area contributed by atoms with Crippen LogP contribution in [0.5, 0.6) is 5.75 Å². The summed E-state index contributed by atoms with van der Waals surface area (Å²) in [6, 6.07) is 8.06. The number of aliphatic hydroxyl groups excluding tert-OH is 4. The van der Waals surface area contributed by atoms with E-state index < -0.39 is 48.3 Å². The minimum atomic E-state index is -2.27. The summed E-state index contributed by atoms with van der Waals surface area (Å²) in [5.41, 5.74) is 1.69. The molecule has 0 aliphatic carbocycles. The van der Waals surface area contributed by atoms with Crippen LogP contribution in [0.3, 0.4) is 0 Å². The number of hydrogen-bond donors (Lipinski definition) is 9. The van der Waals surface area contributed by atoms with Crippen LogP contribution < -0.4 is 5.43 Å². The van der Waals surface area contributed by atoms with Gasteiger partial charge < -0.3 is 55.1 Å². The monoisotopic (exact) mass is 705 g/mol. The van der Waals surface area contributed by atoms with Crippen molar-refractivity contribution in [1.29, 1.82) is 0 Å². The van der Waals surface area contributed by atoms with Crippen molar-refractivity contribution in [2.75, 3.05) is 26.3 Å². The number of phenols is 1. The Kier molecular flexibility index (Phi) is 14.5. The molecule has 1 saturated heterocycles. The van der Waals surface area contributed by atoms with Crippen molar-refractivity contribution < 1.29 is 74.3 Å². The standard InChI is InChI=1S/C20H17Cl2NO4.2C4H6O6/c21-12-1-2-13(17(22)9-12)16-11-27-20-14(19(16)25)3-4-18(24)15(20)10-23-5-7-26-8-6-23;2*5-1(3(7)8)2(6)4(9)10/h1-4,9,11,24H,5-8,10H2;2*1-2,5-6H,(H,7,8)(H,9,10). The van der Waals surface area contributed by atoms with Crippen molar-refractivity contribution in [1.82, 2.24) is 4.90 Å². The number of hydrogen-bond acceptors (Lipinski definition) is 13. The second-order valence-electron chi connectivity index (χ2n) is 9.56. The summed E-state index contributed by atoms with van der Waals surface area (Å²) in [4.78, 5) is 54.3. The van der Waals surface area contributed by atoms with Crippen LogP contribution in [0.15, 0.2) is 45.8 Å². The van der Waals surface area contributed by atoms with E-state index in [1.165, 1.54) is 12.3 Å². The molecule has 2 aromatic carbocycles. The number of carbonyl (C=O) groups is 4. The molecule has 0 bridgehead atoms. The van der Waals surface area contributed by atoms with Crippen LogP contribution in [0.2, 0.25) is 10.0 Å². The molecular weight excluding hydrogens is 677 g/mol. The molecule has 19 heteroatoms. The van der Waals surface area contributed by atoms with Gasteiger partial charge in [0, 0.05) is 30.2 Å². The number of fused-ring (bicyclic) bond motifs is 1. The summed E-state index contributed by atoms with van der Waals surface area (Å²) in [5.74, 6) is -6.97. The highest BCUT2D eigenvalue weighted by Gasteiger charge is 2.30. The van der Waals surface area contributed by atoms with Crippen molar-refractivity contribution in [2.24, 2.45) is 0 Å². The highest BCUT2D eigenvalue weighted by Crippen LogP contribution is 2.32. The Labute approximate surface area is 273 Å². The van der Waals surface area contributed by atoms with Gasteiger partial charge in [0.05, 0.1) is 34.7 Å². The van der Waals surface area contributed by atoms with E-state index >= 15 is 0 Å². The maximum atomic E-state index is 13.1. The zero-order valence-electron chi connectivity index (χ0n) is 23.9. The van der Waals surface area contributed by atoms with E-state index in [2.05, 4.69) is 4.90 Å². The third kappa shape index (κ3) is 10.6. The molecule has 47 heavy (non-hydrogen) atoms. The molecule has 1 aromatic heterocycles. The number of aliphatic carboxylic acids is 4. The maximum Gasteiger partial charge on any atom is 0.335 e. The van der Waals surface area contributed by atoms with E-state index in [1.807, 2.05) is 0 Å². The van der Waals surface area contributed by atoms with Crippen molar-refractivity contribution >= 4 is 58.0 Å². The molecule has 4 unspecified atom stereocenters. The van der Waals surface area contributed by atoms with Crippen molar-refractivity contribution in [3.8, 4) is 16.9 Å². The smallest absolute Gasteiger partial charge is 0.335 e. The van der Waals surface area contributed by atoms with Gasteiger partial charge in [0.25, 0.3) is 0 Å². The normalized spacial score (nSPS) is 15.5. The Balaban J connectivity index is 0.000000318. The zero-order chi connectivity index (χ0) is 35.6. The van der Waals surface area contributed by atoms with Gasteiger partial charge in [0.2, 0.25) is 5.43 Å². The molecule has 9 N–H and O–H groups in total. The van der Waals surface area contributed by atoms with Gasteiger partial charge in [-0.2, -0.15) is 0 Å². The molecule has 3 aromatic rings. The molecule has 0 radical (unpaired) electrons. The van der Waals surface area contributed by atoms with Crippen molar-refractivity contribution in [3.05, 3.63) is 62.4 Å². The van der Waals surface area contributed by atoms with Gasteiger partial charge >= 0.3 is 23.9 Å². The van der Waals surface area contributed by atoms with Gasteiger partial charge in [-0.1, -0.05) is 29.3 Å². The number of carboxylic acid groups (broad SMARTS) is 4. The first-order chi connectivity index (χ1) is 22.0. The predicted molar refractivity (Wildman–Crippen MR) is 160 cm³/mol. The summed E-state index contributed by atoms with van der Waals surface area (Å²) >= 11 is 12.2. The summed E-state index contributed by atoms with van der Waals surface area (Å²) in [6.45, 7) is 3.30. The molecule has 17 nitrogen and oxygen atoms in total. The van der Waals surface area contributed by atoms with Crippen molar-refractivity contribution in [2.45, 2.75) is 31.0 Å². The summed E-state index contributed by atoms with van der Waals surface area (Å²) in [7, 11) is 0. The van der Waals surface area contributed by atoms with Crippen LogP contribution in [-0.2, 0) is 30.5 Å². The van der Waals surface area contributed by atoms with Crippen LogP contribution in [0.4, 0.5) is 0 Å². The number of halogens is 2. The number of carboxylic acids is 4. The number of phenolic OH excluding ortho intramolecular Hbond substituents is 1. The van der Waals surface area contributed by atoms with Crippen LogP contribution in [0.25, 0.3) is 22.1 Å². The Morgan fingerprint density at radius 2 is 1.26 bits per heavy atom. The largest absolute Gasteiger partial charge is 0.507 e. The molecule has 0 amide bonds. The van der Waals surface area contributed by atoms with Gasteiger partial charge in [0.1, 0.15) is 17.6 Å². The minimum Gasteiger partial charge on any atom is -0.507 e. The van der Waals surface area contributed by atoms with Crippen LogP contribution >= 0.6 is 23.2 Å². The third-order valence-electron chi connectivity index (χ3n) is 6.34. The zero-order valence-corrected chi connectivity index (χ0v) is 25.4. The lowest BCUT2D eigenvalue weighted by Crippen LogP contribution is -2.39. The van der Waals surface area contributed by atoms with E-state index in [1.54, 1.807) is 24.3 Å². The average molecular weight is 706 g/mol. The van der Waals surface area contributed by atoms with E-state index in [9.17, 15) is 29.1 Å². The number of rotatable bonds is 9. The molecule has 4 rings (SSSR count). The summed E-state index contributed by atoms with van der Waals surface area (Å²) in [6.07, 6.45) is -7.67. The summed E-state index contributed by atoms with van der Waals surface area (Å²) < 4.78 is 11.2. The Morgan fingerprint density at radius 1 is 0.766 bits per heavy atom. The van der Waals surface area contributed by atoms with Gasteiger partial charge in [-0.25, -0.2) is 19.2 Å². The number of benzene rings is 2. The fourth-order valence-electron chi connectivity index (χ4n) is 3.82. The second kappa shape index (κ2) is 17.5. The maximum absolute atomic E-state index is 13.1. The molecule has 2 heterocycles. The fraction of sp³-hybridized carbons (Fsp3) is 0.321. The SMILES string of the molecule is O=C(O)C(O)C(O)C(=O)O.O=C(O)C(O)C(O)C(=O)O.O=c1c(-c2ccc(Cl)cc2Cl)coc2c(CN3CCOCC3)c(O)ccc12. The Hall–Kier alpha value is -4.33.